The van der Waals surface area contributed by atoms with Crippen molar-refractivity contribution in [2.75, 3.05) is 16.8 Å². The lowest BCUT2D eigenvalue weighted by molar-refractivity contribution is -0.125. The normalized spacial score (nSPS) is 13.5. The largest absolute Gasteiger partial charge is 0.322 e. The van der Waals surface area contributed by atoms with E-state index in [9.17, 15) is 9.59 Å². The Kier molecular flexibility index (Phi) is 4.61. The monoisotopic (exact) mass is 350 g/mol. The fourth-order valence-corrected chi connectivity index (χ4v) is 3.25. The van der Waals surface area contributed by atoms with E-state index in [0.717, 1.165) is 28.8 Å². The Morgan fingerprint density at radius 2 is 1.77 bits per heavy atom. The standard InChI is InChI=1S/C22H26N2O2/c1-14-6-7-15(2)18(12-14)20(25)23-17-9-8-16-10-11-24(19(16)13-17)21(26)22(3,4)5/h6-9,12-13H,10-11H2,1-5H3,(H,23,25). The summed E-state index contributed by atoms with van der Waals surface area (Å²) in [5.74, 6) is -0.0212. The molecule has 0 fully saturated rings. The van der Waals surface area contributed by atoms with Crippen molar-refractivity contribution in [1.29, 1.82) is 0 Å². The lowest BCUT2D eigenvalue weighted by Gasteiger charge is -2.26. The van der Waals surface area contributed by atoms with Crippen molar-refractivity contribution < 1.29 is 9.59 Å². The highest BCUT2D eigenvalue weighted by molar-refractivity contribution is 6.06. The first kappa shape index (κ1) is 18.2. The number of amides is 2. The molecule has 1 aliphatic rings. The zero-order valence-corrected chi connectivity index (χ0v) is 16.1. The van der Waals surface area contributed by atoms with Crippen LogP contribution in [-0.2, 0) is 11.2 Å². The number of rotatable bonds is 2. The van der Waals surface area contributed by atoms with E-state index in [1.807, 2.05) is 75.9 Å². The summed E-state index contributed by atoms with van der Waals surface area (Å²) < 4.78 is 0. The second-order valence-electron chi connectivity index (χ2n) is 8.07. The van der Waals surface area contributed by atoms with E-state index in [0.29, 0.717) is 17.8 Å². The van der Waals surface area contributed by atoms with Gasteiger partial charge in [0.05, 0.1) is 0 Å². The number of benzene rings is 2. The molecule has 1 heterocycles. The minimum atomic E-state index is -0.431. The number of carbonyl (C=O) groups is 2. The van der Waals surface area contributed by atoms with E-state index < -0.39 is 5.41 Å². The average molecular weight is 350 g/mol. The fourth-order valence-electron chi connectivity index (χ4n) is 3.25. The van der Waals surface area contributed by atoms with Crippen molar-refractivity contribution in [1.82, 2.24) is 0 Å². The lowest BCUT2D eigenvalue weighted by atomic mass is 9.94. The highest BCUT2D eigenvalue weighted by Gasteiger charge is 2.32. The van der Waals surface area contributed by atoms with Crippen LogP contribution in [0.15, 0.2) is 36.4 Å². The molecule has 0 saturated carbocycles. The molecule has 136 valence electrons. The van der Waals surface area contributed by atoms with E-state index in [2.05, 4.69) is 5.32 Å². The van der Waals surface area contributed by atoms with Crippen molar-refractivity contribution in [2.24, 2.45) is 5.41 Å². The fraction of sp³-hybridized carbons (Fsp3) is 0.364. The van der Waals surface area contributed by atoms with Gasteiger partial charge in [0, 0.05) is 28.9 Å². The second-order valence-corrected chi connectivity index (χ2v) is 8.07. The maximum atomic E-state index is 12.7. The molecule has 2 amide bonds. The first-order valence-electron chi connectivity index (χ1n) is 9.00. The Labute approximate surface area is 155 Å². The first-order valence-corrected chi connectivity index (χ1v) is 9.00. The molecule has 0 bridgehead atoms. The summed E-state index contributed by atoms with van der Waals surface area (Å²) in [7, 11) is 0. The van der Waals surface area contributed by atoms with Crippen LogP contribution in [-0.4, -0.2) is 18.4 Å². The van der Waals surface area contributed by atoms with E-state index in [1.54, 1.807) is 0 Å². The van der Waals surface area contributed by atoms with Crippen LogP contribution in [0.2, 0.25) is 0 Å². The molecule has 4 heteroatoms. The SMILES string of the molecule is Cc1ccc(C)c(C(=O)Nc2ccc3c(c2)N(C(=O)C(C)(C)C)CC3)c1. The number of hydrogen-bond donors (Lipinski definition) is 1. The number of carbonyl (C=O) groups excluding carboxylic acids is 2. The van der Waals surface area contributed by atoms with Crippen LogP contribution in [0.1, 0.15) is 47.8 Å². The van der Waals surface area contributed by atoms with Gasteiger partial charge in [0.25, 0.3) is 5.91 Å². The molecule has 4 nitrogen and oxygen atoms in total. The number of aryl methyl sites for hydroxylation is 2. The summed E-state index contributed by atoms with van der Waals surface area (Å²) in [6, 6.07) is 11.7. The molecule has 26 heavy (non-hydrogen) atoms. The Balaban J connectivity index is 1.86. The average Bonchev–Trinajstić information content (AvgIpc) is 2.98. The minimum Gasteiger partial charge on any atom is -0.322 e. The predicted octanol–water partition coefficient (Wildman–Crippen LogP) is 4.49. The van der Waals surface area contributed by atoms with Crippen LogP contribution in [0.5, 0.6) is 0 Å². The van der Waals surface area contributed by atoms with Gasteiger partial charge < -0.3 is 10.2 Å². The molecule has 0 aromatic heterocycles. The van der Waals surface area contributed by atoms with Crippen LogP contribution >= 0.6 is 0 Å². The molecule has 0 aliphatic carbocycles. The second kappa shape index (κ2) is 6.60. The van der Waals surface area contributed by atoms with E-state index >= 15 is 0 Å². The minimum absolute atomic E-state index is 0.106. The molecular formula is C22H26N2O2. The van der Waals surface area contributed by atoms with Crippen LogP contribution in [0.4, 0.5) is 11.4 Å². The summed E-state index contributed by atoms with van der Waals surface area (Å²) >= 11 is 0. The van der Waals surface area contributed by atoms with Crippen molar-refractivity contribution in [2.45, 2.75) is 41.0 Å². The predicted molar refractivity (Wildman–Crippen MR) is 106 cm³/mol. The quantitative estimate of drug-likeness (QED) is 0.867. The van der Waals surface area contributed by atoms with E-state index in [1.165, 1.54) is 0 Å². The van der Waals surface area contributed by atoms with Gasteiger partial charge in [0.2, 0.25) is 5.91 Å². The van der Waals surface area contributed by atoms with Crippen molar-refractivity contribution in [3.8, 4) is 0 Å². The van der Waals surface area contributed by atoms with Crippen molar-refractivity contribution >= 4 is 23.2 Å². The topological polar surface area (TPSA) is 49.4 Å². The van der Waals surface area contributed by atoms with Crippen molar-refractivity contribution in [3.05, 3.63) is 58.7 Å². The van der Waals surface area contributed by atoms with Crippen LogP contribution < -0.4 is 10.2 Å². The number of nitrogens with zero attached hydrogens (tertiary/aromatic N) is 1. The Bertz CT molecular complexity index is 878. The van der Waals surface area contributed by atoms with Gasteiger partial charge in [-0.25, -0.2) is 0 Å². The third-order valence-corrected chi connectivity index (χ3v) is 4.76. The van der Waals surface area contributed by atoms with E-state index in [4.69, 9.17) is 0 Å². The molecule has 3 rings (SSSR count). The molecule has 0 saturated heterocycles. The first-order chi connectivity index (χ1) is 12.2. The van der Waals surface area contributed by atoms with Gasteiger partial charge in [0.15, 0.2) is 0 Å². The highest BCUT2D eigenvalue weighted by Crippen LogP contribution is 2.34. The van der Waals surface area contributed by atoms with Gasteiger partial charge in [0.1, 0.15) is 0 Å². The van der Waals surface area contributed by atoms with E-state index in [-0.39, 0.29) is 11.8 Å². The maximum absolute atomic E-state index is 12.7. The number of nitrogens with one attached hydrogen (secondary N) is 1. The van der Waals surface area contributed by atoms with Gasteiger partial charge in [-0.2, -0.15) is 0 Å². The molecule has 0 atom stereocenters. The van der Waals surface area contributed by atoms with Gasteiger partial charge in [-0.1, -0.05) is 44.5 Å². The lowest BCUT2D eigenvalue weighted by Crippen LogP contribution is -2.38. The molecule has 1 aliphatic heterocycles. The Hall–Kier alpha value is -2.62. The maximum Gasteiger partial charge on any atom is 0.255 e. The molecule has 1 N–H and O–H groups in total. The zero-order chi connectivity index (χ0) is 19.1. The molecular weight excluding hydrogens is 324 g/mol. The third kappa shape index (κ3) is 3.50. The number of anilines is 2. The number of fused-ring (bicyclic) bond motifs is 1. The summed E-state index contributed by atoms with van der Waals surface area (Å²) in [6.07, 6.45) is 0.850. The summed E-state index contributed by atoms with van der Waals surface area (Å²) in [5, 5.41) is 2.98. The van der Waals surface area contributed by atoms with Crippen molar-refractivity contribution in [3.63, 3.8) is 0 Å². The summed E-state index contributed by atoms with van der Waals surface area (Å²) in [5.41, 5.74) is 5.00. The van der Waals surface area contributed by atoms with Gasteiger partial charge >= 0.3 is 0 Å². The smallest absolute Gasteiger partial charge is 0.255 e. The highest BCUT2D eigenvalue weighted by atomic mass is 16.2. The molecule has 0 spiro atoms. The third-order valence-electron chi connectivity index (χ3n) is 4.76. The van der Waals surface area contributed by atoms with Crippen LogP contribution in [0.25, 0.3) is 0 Å². The zero-order valence-electron chi connectivity index (χ0n) is 16.1. The van der Waals surface area contributed by atoms with Crippen LogP contribution in [0.3, 0.4) is 0 Å². The summed E-state index contributed by atoms with van der Waals surface area (Å²) in [6.45, 7) is 10.4. The van der Waals surface area contributed by atoms with Gasteiger partial charge in [-0.3, -0.25) is 9.59 Å². The van der Waals surface area contributed by atoms with Gasteiger partial charge in [-0.05, 0) is 49.6 Å². The molecule has 2 aromatic carbocycles. The summed E-state index contributed by atoms with van der Waals surface area (Å²) in [4.78, 5) is 27.2. The molecule has 0 radical (unpaired) electrons. The van der Waals surface area contributed by atoms with Crippen LogP contribution in [0, 0.1) is 19.3 Å². The Morgan fingerprint density at radius 3 is 2.46 bits per heavy atom. The van der Waals surface area contributed by atoms with Gasteiger partial charge in [-0.15, -0.1) is 0 Å². The molecule has 2 aromatic rings. The number of hydrogen-bond acceptors (Lipinski definition) is 2. The molecule has 0 unspecified atom stereocenters. The Morgan fingerprint density at radius 1 is 1.04 bits per heavy atom.